The van der Waals surface area contributed by atoms with Crippen molar-refractivity contribution < 1.29 is 4.79 Å². The van der Waals surface area contributed by atoms with Crippen molar-refractivity contribution in [3.05, 3.63) is 64.7 Å². The van der Waals surface area contributed by atoms with Gasteiger partial charge in [-0.3, -0.25) is 4.79 Å². The number of nitrogens with zero attached hydrogens (tertiary/aromatic N) is 4. The van der Waals surface area contributed by atoms with E-state index in [4.69, 9.17) is 17.3 Å². The van der Waals surface area contributed by atoms with E-state index in [1.54, 1.807) is 18.3 Å². The van der Waals surface area contributed by atoms with E-state index >= 15 is 0 Å². The number of nitrogens with one attached hydrogen (secondary N) is 1. The summed E-state index contributed by atoms with van der Waals surface area (Å²) in [4.78, 5) is 22.3. The Morgan fingerprint density at radius 3 is 2.55 bits per heavy atom. The number of nitrogen functional groups attached to an aromatic ring is 1. The standard InChI is InChI=1S/C23H23ClN6O/c1-2-3-6-13-26-23(31)19-20-22(29-18-8-5-4-7-17(18)28-20)30(21(19)25)27-14-15-9-11-16(24)12-10-15/h4-5,7-12,14H,2-3,6,13,25H2,1H3,(H,26,31)/b27-14+. The van der Waals surface area contributed by atoms with E-state index in [1.165, 1.54) is 4.68 Å². The molecule has 0 atom stereocenters. The predicted molar refractivity (Wildman–Crippen MR) is 126 cm³/mol. The van der Waals surface area contributed by atoms with Crippen molar-refractivity contribution in [1.29, 1.82) is 0 Å². The molecule has 0 aliphatic heterocycles. The molecule has 158 valence electrons. The lowest BCUT2D eigenvalue weighted by Crippen LogP contribution is -2.25. The lowest BCUT2D eigenvalue weighted by Gasteiger charge is -2.05. The van der Waals surface area contributed by atoms with Crippen LogP contribution in [0.25, 0.3) is 22.2 Å². The minimum absolute atomic E-state index is 0.198. The normalized spacial score (nSPS) is 11.5. The number of hydrogen-bond acceptors (Lipinski definition) is 5. The van der Waals surface area contributed by atoms with Gasteiger partial charge in [0.25, 0.3) is 5.91 Å². The van der Waals surface area contributed by atoms with E-state index in [0.717, 1.165) is 24.8 Å². The Balaban J connectivity index is 1.80. The first kappa shape index (κ1) is 20.8. The monoisotopic (exact) mass is 434 g/mol. The van der Waals surface area contributed by atoms with E-state index in [-0.39, 0.29) is 17.3 Å². The molecule has 0 aliphatic carbocycles. The third-order valence-electron chi connectivity index (χ3n) is 4.96. The van der Waals surface area contributed by atoms with Gasteiger partial charge in [0.1, 0.15) is 16.9 Å². The highest BCUT2D eigenvalue weighted by Gasteiger charge is 2.23. The van der Waals surface area contributed by atoms with Crippen LogP contribution in [0.5, 0.6) is 0 Å². The number of amides is 1. The minimum Gasteiger partial charge on any atom is -0.383 e. The number of benzene rings is 2. The SMILES string of the molecule is CCCCCNC(=O)c1c(N)n(/N=C/c2ccc(Cl)cc2)c2nc3ccccc3nc12. The second kappa shape index (κ2) is 9.14. The largest absolute Gasteiger partial charge is 0.383 e. The molecule has 4 rings (SSSR count). The fourth-order valence-corrected chi connectivity index (χ4v) is 3.45. The maximum atomic E-state index is 13.0. The average Bonchev–Trinajstić information content (AvgIpc) is 3.05. The molecule has 0 aliphatic rings. The third-order valence-corrected chi connectivity index (χ3v) is 5.21. The molecule has 3 N–H and O–H groups in total. The molecule has 0 unspecified atom stereocenters. The van der Waals surface area contributed by atoms with Crippen LogP contribution in [0.15, 0.2) is 53.6 Å². The van der Waals surface area contributed by atoms with Crippen molar-refractivity contribution in [3.8, 4) is 0 Å². The zero-order chi connectivity index (χ0) is 21.8. The summed E-state index contributed by atoms with van der Waals surface area (Å²) >= 11 is 5.95. The minimum atomic E-state index is -0.274. The quantitative estimate of drug-likeness (QED) is 0.327. The number of unbranched alkanes of at least 4 members (excludes halogenated alkanes) is 2. The molecule has 0 saturated carbocycles. The van der Waals surface area contributed by atoms with Gasteiger partial charge >= 0.3 is 0 Å². The van der Waals surface area contributed by atoms with Crippen LogP contribution in [-0.2, 0) is 0 Å². The molecule has 0 bridgehead atoms. The first-order valence-electron chi connectivity index (χ1n) is 10.2. The summed E-state index contributed by atoms with van der Waals surface area (Å²) in [6, 6.07) is 14.7. The number of para-hydroxylation sites is 2. The van der Waals surface area contributed by atoms with Crippen molar-refractivity contribution in [3.63, 3.8) is 0 Å². The van der Waals surface area contributed by atoms with Gasteiger partial charge in [-0.05, 0) is 36.2 Å². The molecule has 0 saturated heterocycles. The van der Waals surface area contributed by atoms with Crippen LogP contribution in [-0.4, -0.2) is 33.3 Å². The zero-order valence-corrected chi connectivity index (χ0v) is 17.9. The number of hydrogen-bond donors (Lipinski definition) is 2. The second-order valence-electron chi connectivity index (χ2n) is 7.22. The van der Waals surface area contributed by atoms with Crippen molar-refractivity contribution in [2.24, 2.45) is 5.10 Å². The van der Waals surface area contributed by atoms with Crippen LogP contribution in [0.2, 0.25) is 5.02 Å². The predicted octanol–water partition coefficient (Wildman–Crippen LogP) is 4.62. The first-order chi connectivity index (χ1) is 15.1. The molecule has 0 radical (unpaired) electrons. The summed E-state index contributed by atoms with van der Waals surface area (Å²) < 4.78 is 1.46. The molecule has 31 heavy (non-hydrogen) atoms. The molecular formula is C23H23ClN6O. The van der Waals surface area contributed by atoms with Crippen LogP contribution in [0.3, 0.4) is 0 Å². The highest BCUT2D eigenvalue weighted by atomic mass is 35.5. The zero-order valence-electron chi connectivity index (χ0n) is 17.2. The summed E-state index contributed by atoms with van der Waals surface area (Å²) in [5, 5.41) is 8.08. The number of rotatable bonds is 7. The van der Waals surface area contributed by atoms with E-state index in [2.05, 4.69) is 27.3 Å². The topological polar surface area (TPSA) is 98.2 Å². The smallest absolute Gasteiger partial charge is 0.257 e. The molecule has 2 heterocycles. The van der Waals surface area contributed by atoms with E-state index in [0.29, 0.717) is 33.8 Å². The van der Waals surface area contributed by atoms with Gasteiger partial charge in [-0.25, -0.2) is 9.97 Å². The molecule has 4 aromatic rings. The lowest BCUT2D eigenvalue weighted by atomic mass is 10.2. The molecule has 0 fully saturated rings. The first-order valence-corrected chi connectivity index (χ1v) is 10.6. The van der Waals surface area contributed by atoms with Crippen LogP contribution in [0, 0.1) is 0 Å². The number of anilines is 1. The average molecular weight is 435 g/mol. The second-order valence-corrected chi connectivity index (χ2v) is 7.65. The highest BCUT2D eigenvalue weighted by Crippen LogP contribution is 2.27. The fourth-order valence-electron chi connectivity index (χ4n) is 3.33. The number of fused-ring (bicyclic) bond motifs is 2. The summed E-state index contributed by atoms with van der Waals surface area (Å²) in [5.74, 6) is -0.0767. The van der Waals surface area contributed by atoms with Gasteiger partial charge in [0.2, 0.25) is 0 Å². The van der Waals surface area contributed by atoms with Crippen molar-refractivity contribution >= 4 is 51.7 Å². The molecule has 8 heteroatoms. The van der Waals surface area contributed by atoms with Gasteiger partial charge < -0.3 is 11.1 Å². The van der Waals surface area contributed by atoms with Crippen molar-refractivity contribution in [2.75, 3.05) is 12.3 Å². The van der Waals surface area contributed by atoms with E-state index in [9.17, 15) is 4.79 Å². The highest BCUT2D eigenvalue weighted by molar-refractivity contribution is 6.30. The Morgan fingerprint density at radius 1 is 1.13 bits per heavy atom. The molecule has 7 nitrogen and oxygen atoms in total. The number of halogens is 1. The molecule has 0 spiro atoms. The Bertz CT molecular complexity index is 1260. The Kier molecular flexibility index (Phi) is 6.13. The van der Waals surface area contributed by atoms with E-state index in [1.807, 2.05) is 36.4 Å². The van der Waals surface area contributed by atoms with Gasteiger partial charge in [0.15, 0.2) is 5.65 Å². The summed E-state index contributed by atoms with van der Waals surface area (Å²) in [5.41, 5.74) is 9.76. The Labute approximate surface area is 184 Å². The number of aromatic nitrogens is 3. The maximum Gasteiger partial charge on any atom is 0.257 e. The number of nitrogens with two attached hydrogens (primary N) is 1. The summed E-state index contributed by atoms with van der Waals surface area (Å²) in [6.45, 7) is 2.70. The number of carbonyl (C=O) groups excluding carboxylic acids is 1. The lowest BCUT2D eigenvalue weighted by molar-refractivity contribution is 0.0955. The summed E-state index contributed by atoms with van der Waals surface area (Å²) in [6.07, 6.45) is 4.68. The Morgan fingerprint density at radius 2 is 1.84 bits per heavy atom. The number of carbonyl (C=O) groups is 1. The van der Waals surface area contributed by atoms with Gasteiger partial charge in [0, 0.05) is 11.6 Å². The molecular weight excluding hydrogens is 412 g/mol. The summed E-state index contributed by atoms with van der Waals surface area (Å²) in [7, 11) is 0. The molecule has 2 aromatic carbocycles. The van der Waals surface area contributed by atoms with Crippen molar-refractivity contribution in [2.45, 2.75) is 26.2 Å². The van der Waals surface area contributed by atoms with Crippen LogP contribution >= 0.6 is 11.6 Å². The van der Waals surface area contributed by atoms with E-state index < -0.39 is 0 Å². The van der Waals surface area contributed by atoms with Gasteiger partial charge in [0.05, 0.1) is 17.2 Å². The van der Waals surface area contributed by atoms with Gasteiger partial charge in [-0.1, -0.05) is 55.6 Å². The Hall–Kier alpha value is -3.45. The van der Waals surface area contributed by atoms with Gasteiger partial charge in [-0.15, -0.1) is 0 Å². The maximum absolute atomic E-state index is 13.0. The third kappa shape index (κ3) is 4.36. The molecule has 2 aromatic heterocycles. The van der Waals surface area contributed by atoms with Crippen LogP contribution < -0.4 is 11.1 Å². The molecule has 1 amide bonds. The van der Waals surface area contributed by atoms with Crippen molar-refractivity contribution in [1.82, 2.24) is 20.0 Å². The fraction of sp³-hybridized carbons (Fsp3) is 0.217. The van der Waals surface area contributed by atoms with Gasteiger partial charge in [-0.2, -0.15) is 9.78 Å². The van der Waals surface area contributed by atoms with Crippen LogP contribution in [0.4, 0.5) is 5.82 Å². The van der Waals surface area contributed by atoms with Crippen LogP contribution in [0.1, 0.15) is 42.1 Å².